The van der Waals surface area contributed by atoms with Crippen LogP contribution in [0.2, 0.25) is 4.34 Å². The van der Waals surface area contributed by atoms with Gasteiger partial charge in [-0.2, -0.15) is 0 Å². The maximum Gasteiger partial charge on any atom is 1.00 e. The van der Waals surface area contributed by atoms with Crippen LogP contribution in [0.5, 0.6) is 0 Å². The van der Waals surface area contributed by atoms with E-state index in [9.17, 15) is 14.3 Å². The summed E-state index contributed by atoms with van der Waals surface area (Å²) in [7, 11) is 0. The SMILES string of the molecule is O=C([O-])Cc1nc(-c2ccc(F)cc2)oc1-c1ccc(Cl)s1.[Na+]. The Morgan fingerprint density at radius 2 is 1.96 bits per heavy atom. The molecule has 0 N–H and O–H groups in total. The van der Waals surface area contributed by atoms with Crippen molar-refractivity contribution in [1.29, 1.82) is 0 Å². The van der Waals surface area contributed by atoms with Gasteiger partial charge in [0.2, 0.25) is 5.89 Å². The first-order valence-electron chi connectivity index (χ1n) is 6.24. The van der Waals surface area contributed by atoms with Crippen LogP contribution in [-0.2, 0) is 11.2 Å². The van der Waals surface area contributed by atoms with Gasteiger partial charge in [0, 0.05) is 18.0 Å². The van der Waals surface area contributed by atoms with Crippen LogP contribution in [-0.4, -0.2) is 11.0 Å². The van der Waals surface area contributed by atoms with E-state index in [1.807, 2.05) is 0 Å². The van der Waals surface area contributed by atoms with E-state index >= 15 is 0 Å². The number of aliphatic carboxylic acids is 1. The number of carbonyl (C=O) groups excluding carboxylic acids is 1. The van der Waals surface area contributed by atoms with Crippen LogP contribution in [0.4, 0.5) is 4.39 Å². The number of nitrogens with zero attached hydrogens (tertiary/aromatic N) is 1. The molecule has 0 aliphatic heterocycles. The van der Waals surface area contributed by atoms with E-state index in [1.54, 1.807) is 12.1 Å². The third kappa shape index (κ3) is 4.22. The topological polar surface area (TPSA) is 66.2 Å². The van der Waals surface area contributed by atoms with Gasteiger partial charge in [0.15, 0.2) is 5.76 Å². The van der Waals surface area contributed by atoms with Crippen molar-refractivity contribution in [2.24, 2.45) is 0 Å². The number of oxazole rings is 1. The molecule has 8 heteroatoms. The molecular formula is C15H8ClFNNaO3S. The second-order valence-electron chi connectivity index (χ2n) is 4.45. The van der Waals surface area contributed by atoms with E-state index < -0.39 is 5.97 Å². The largest absolute Gasteiger partial charge is 1.00 e. The molecule has 0 fully saturated rings. The van der Waals surface area contributed by atoms with Crippen LogP contribution in [0.15, 0.2) is 40.8 Å². The number of benzene rings is 1. The minimum Gasteiger partial charge on any atom is -0.550 e. The zero-order valence-corrected chi connectivity index (χ0v) is 15.6. The summed E-state index contributed by atoms with van der Waals surface area (Å²) < 4.78 is 19.2. The molecule has 1 aromatic carbocycles. The van der Waals surface area contributed by atoms with E-state index in [1.165, 1.54) is 35.6 Å². The predicted octanol–water partition coefficient (Wildman–Crippen LogP) is 0.159. The van der Waals surface area contributed by atoms with Crippen molar-refractivity contribution in [2.45, 2.75) is 6.42 Å². The van der Waals surface area contributed by atoms with Gasteiger partial charge in [-0.1, -0.05) is 11.6 Å². The van der Waals surface area contributed by atoms with Crippen molar-refractivity contribution in [3.63, 3.8) is 0 Å². The van der Waals surface area contributed by atoms with E-state index in [2.05, 4.69) is 4.98 Å². The van der Waals surface area contributed by atoms with Crippen molar-refractivity contribution in [3.05, 3.63) is 52.2 Å². The van der Waals surface area contributed by atoms with Gasteiger partial charge in [-0.15, -0.1) is 11.3 Å². The van der Waals surface area contributed by atoms with E-state index in [0.29, 0.717) is 20.5 Å². The molecule has 2 aromatic heterocycles. The molecule has 112 valence electrons. The Hall–Kier alpha value is -1.18. The second-order valence-corrected chi connectivity index (χ2v) is 6.17. The molecule has 0 spiro atoms. The standard InChI is InChI=1S/C15H9ClFNO3S.Na/c16-12-6-5-11(22-12)14-10(7-13(19)20)18-15(21-14)8-1-3-9(17)4-2-8;/h1-6H,7H2,(H,19,20);/q;+1/p-1. The quantitative estimate of drug-likeness (QED) is 0.622. The Balaban J connectivity index is 0.00000192. The zero-order valence-electron chi connectivity index (χ0n) is 12.0. The van der Waals surface area contributed by atoms with Gasteiger partial charge >= 0.3 is 29.6 Å². The van der Waals surface area contributed by atoms with Crippen LogP contribution in [0.1, 0.15) is 5.69 Å². The summed E-state index contributed by atoms with van der Waals surface area (Å²) in [6.07, 6.45) is -0.379. The van der Waals surface area contributed by atoms with E-state index in [4.69, 9.17) is 16.0 Å². The molecule has 0 atom stereocenters. The number of thiophene rings is 1. The van der Waals surface area contributed by atoms with Gasteiger partial charge in [0.05, 0.1) is 14.9 Å². The molecule has 0 unspecified atom stereocenters. The first-order valence-corrected chi connectivity index (χ1v) is 7.43. The van der Waals surface area contributed by atoms with Crippen molar-refractivity contribution in [3.8, 4) is 22.1 Å². The molecule has 4 nitrogen and oxygen atoms in total. The predicted molar refractivity (Wildman–Crippen MR) is 78.9 cm³/mol. The molecule has 3 aromatic rings. The number of hydrogen-bond acceptors (Lipinski definition) is 5. The number of hydrogen-bond donors (Lipinski definition) is 0. The fourth-order valence-corrected chi connectivity index (χ4v) is 3.00. The number of carboxylic acid groups (broad SMARTS) is 1. The number of rotatable bonds is 4. The molecule has 0 saturated heterocycles. The van der Waals surface area contributed by atoms with Crippen LogP contribution in [0.25, 0.3) is 22.1 Å². The Labute approximate surface area is 162 Å². The Morgan fingerprint density at radius 1 is 1.26 bits per heavy atom. The summed E-state index contributed by atoms with van der Waals surface area (Å²) in [5.41, 5.74) is 0.799. The summed E-state index contributed by atoms with van der Waals surface area (Å²) >= 11 is 7.15. The molecule has 3 rings (SSSR count). The number of aromatic nitrogens is 1. The van der Waals surface area contributed by atoms with Gasteiger partial charge in [0.1, 0.15) is 5.82 Å². The number of halogens is 2. The average molecular weight is 360 g/mol. The number of carbonyl (C=O) groups is 1. The minimum absolute atomic E-state index is 0. The maximum absolute atomic E-state index is 13.0. The molecule has 0 aliphatic rings. The molecule has 0 bridgehead atoms. The van der Waals surface area contributed by atoms with E-state index in [0.717, 1.165) is 0 Å². The third-order valence-electron chi connectivity index (χ3n) is 2.90. The Bertz CT molecular complexity index is 832. The Kier molecular flexibility index (Phi) is 6.00. The molecule has 23 heavy (non-hydrogen) atoms. The van der Waals surface area contributed by atoms with Crippen LogP contribution in [0.3, 0.4) is 0 Å². The van der Waals surface area contributed by atoms with Crippen molar-refractivity contribution in [1.82, 2.24) is 4.98 Å². The van der Waals surface area contributed by atoms with Gasteiger partial charge in [-0.25, -0.2) is 9.37 Å². The Morgan fingerprint density at radius 3 is 2.52 bits per heavy atom. The fourth-order valence-electron chi connectivity index (χ4n) is 1.95. The normalized spacial score (nSPS) is 10.3. The first kappa shape index (κ1) is 18.2. The molecule has 0 aliphatic carbocycles. The first-order chi connectivity index (χ1) is 10.5. The summed E-state index contributed by atoms with van der Waals surface area (Å²) in [5, 5.41) is 10.9. The van der Waals surface area contributed by atoms with Crippen LogP contribution < -0.4 is 34.7 Å². The second kappa shape index (κ2) is 7.59. The smallest absolute Gasteiger partial charge is 0.550 e. The molecular weight excluding hydrogens is 352 g/mol. The molecule has 2 heterocycles. The zero-order chi connectivity index (χ0) is 15.7. The van der Waals surface area contributed by atoms with Gasteiger partial charge < -0.3 is 14.3 Å². The number of carboxylic acids is 1. The summed E-state index contributed by atoms with van der Waals surface area (Å²) in [6.45, 7) is 0. The molecule has 0 saturated carbocycles. The molecule has 0 amide bonds. The van der Waals surface area contributed by atoms with Crippen molar-refractivity contribution in [2.75, 3.05) is 0 Å². The molecule has 0 radical (unpaired) electrons. The van der Waals surface area contributed by atoms with Gasteiger partial charge in [0.25, 0.3) is 0 Å². The van der Waals surface area contributed by atoms with Crippen molar-refractivity contribution >= 4 is 28.9 Å². The van der Waals surface area contributed by atoms with Crippen LogP contribution >= 0.6 is 22.9 Å². The monoisotopic (exact) mass is 359 g/mol. The third-order valence-corrected chi connectivity index (χ3v) is 4.13. The van der Waals surface area contributed by atoms with E-state index in [-0.39, 0.29) is 53.4 Å². The summed E-state index contributed by atoms with van der Waals surface area (Å²) in [6, 6.07) is 8.98. The van der Waals surface area contributed by atoms with Crippen LogP contribution in [0, 0.1) is 5.82 Å². The van der Waals surface area contributed by atoms with Crippen molar-refractivity contribution < 1.29 is 48.3 Å². The summed E-state index contributed by atoms with van der Waals surface area (Å²) in [5.74, 6) is -1.09. The van der Waals surface area contributed by atoms with Gasteiger partial charge in [-0.05, 0) is 36.4 Å². The maximum atomic E-state index is 13.0. The average Bonchev–Trinajstić information content (AvgIpc) is 3.05. The minimum atomic E-state index is -1.26. The summed E-state index contributed by atoms with van der Waals surface area (Å²) in [4.78, 5) is 15.7. The van der Waals surface area contributed by atoms with Gasteiger partial charge in [-0.3, -0.25) is 0 Å². The fraction of sp³-hybridized carbons (Fsp3) is 0.0667.